The van der Waals surface area contributed by atoms with Crippen LogP contribution in [0.2, 0.25) is 0 Å². The predicted octanol–water partition coefficient (Wildman–Crippen LogP) is 7.80. The molecule has 156 valence electrons. The van der Waals surface area contributed by atoms with Crippen LogP contribution in [0.4, 0.5) is 4.39 Å². The highest BCUT2D eigenvalue weighted by atomic mass is 19.1. The van der Waals surface area contributed by atoms with Crippen LogP contribution in [0.5, 0.6) is 0 Å². The fourth-order valence-corrected chi connectivity index (χ4v) is 5.60. The van der Waals surface area contributed by atoms with Crippen molar-refractivity contribution < 1.29 is 4.39 Å². The van der Waals surface area contributed by atoms with Crippen molar-refractivity contribution in [3.63, 3.8) is 0 Å². The van der Waals surface area contributed by atoms with Gasteiger partial charge in [0.1, 0.15) is 5.82 Å². The van der Waals surface area contributed by atoms with E-state index in [0.717, 1.165) is 53.7 Å². The minimum Gasteiger partial charge on any atom is -0.207 e. The summed E-state index contributed by atoms with van der Waals surface area (Å²) in [5.41, 5.74) is 3.85. The number of fused-ring (bicyclic) bond motifs is 1. The maximum atomic E-state index is 15.0. The van der Waals surface area contributed by atoms with Crippen molar-refractivity contribution in [1.82, 2.24) is 0 Å². The summed E-state index contributed by atoms with van der Waals surface area (Å²) in [4.78, 5) is 0. The Labute approximate surface area is 181 Å². The van der Waals surface area contributed by atoms with Gasteiger partial charge in [0.15, 0.2) is 0 Å². The van der Waals surface area contributed by atoms with E-state index < -0.39 is 0 Å². The van der Waals surface area contributed by atoms with Crippen molar-refractivity contribution in [2.24, 2.45) is 17.8 Å². The molecule has 0 aromatic heterocycles. The maximum Gasteiger partial charge on any atom is 0.127 e. The zero-order chi connectivity index (χ0) is 20.9. The molecule has 0 spiro atoms. The molecule has 0 radical (unpaired) electrons. The second-order valence-electron chi connectivity index (χ2n) is 9.43. The van der Waals surface area contributed by atoms with Gasteiger partial charge in [0.25, 0.3) is 0 Å². The molecule has 2 aromatic carbocycles. The topological polar surface area (TPSA) is 0 Å². The molecule has 1 heteroatoms. The largest absolute Gasteiger partial charge is 0.207 e. The predicted molar refractivity (Wildman–Crippen MR) is 124 cm³/mol. The van der Waals surface area contributed by atoms with Crippen LogP contribution in [-0.4, -0.2) is 0 Å². The van der Waals surface area contributed by atoms with Gasteiger partial charge in [-0.2, -0.15) is 0 Å². The van der Waals surface area contributed by atoms with E-state index in [9.17, 15) is 4.39 Å². The average molecular weight is 401 g/mol. The number of allylic oxidation sites excluding steroid dienone is 1. The fourth-order valence-electron chi connectivity index (χ4n) is 5.60. The normalized spacial score (nSPS) is 25.7. The molecular formula is C29H33F. The van der Waals surface area contributed by atoms with Crippen molar-refractivity contribution >= 4 is 0 Å². The zero-order valence-corrected chi connectivity index (χ0v) is 18.2. The number of hydrogen-bond acceptors (Lipinski definition) is 0. The lowest BCUT2D eigenvalue weighted by atomic mass is 9.63. The Morgan fingerprint density at radius 2 is 1.63 bits per heavy atom. The van der Waals surface area contributed by atoms with Crippen LogP contribution in [0.15, 0.2) is 55.1 Å². The summed E-state index contributed by atoms with van der Waals surface area (Å²) < 4.78 is 15.0. The quantitative estimate of drug-likeness (QED) is 0.363. The summed E-state index contributed by atoms with van der Waals surface area (Å²) in [7, 11) is 0. The minimum absolute atomic E-state index is 0.0752. The summed E-state index contributed by atoms with van der Waals surface area (Å²) in [6.07, 6.45) is 12.1. The molecule has 0 amide bonds. The van der Waals surface area contributed by atoms with Crippen LogP contribution < -0.4 is 0 Å². The first kappa shape index (κ1) is 20.9. The van der Waals surface area contributed by atoms with E-state index in [-0.39, 0.29) is 5.82 Å². The molecule has 2 aliphatic rings. The Kier molecular flexibility index (Phi) is 6.73. The first-order valence-electron chi connectivity index (χ1n) is 11.6. The maximum absolute atomic E-state index is 15.0. The molecule has 4 unspecified atom stereocenters. The van der Waals surface area contributed by atoms with Gasteiger partial charge in [0.2, 0.25) is 0 Å². The van der Waals surface area contributed by atoms with Gasteiger partial charge in [0.05, 0.1) is 0 Å². The van der Waals surface area contributed by atoms with Crippen LogP contribution in [0, 0.1) is 42.3 Å². The molecule has 0 bridgehead atoms. The van der Waals surface area contributed by atoms with Gasteiger partial charge in [-0.1, -0.05) is 48.1 Å². The standard InChI is InChI=1S/C29H33F/c1-3-4-5-23-12-14-26-20-27(16-15-25(26)18-23)28-17-13-24(19-29(28)30)11-10-22-8-6-21(2)7-9-22/h3,6-9,13,17,19,23,25-27H,1,4-5,12,14-16,18,20H2,2H3. The van der Waals surface area contributed by atoms with Crippen molar-refractivity contribution in [2.45, 2.75) is 64.2 Å². The number of rotatable bonds is 4. The molecule has 0 saturated heterocycles. The Morgan fingerprint density at radius 1 is 0.933 bits per heavy atom. The van der Waals surface area contributed by atoms with Crippen molar-refractivity contribution in [3.05, 3.63) is 83.2 Å². The number of aryl methyl sites for hydroxylation is 1. The Hall–Kier alpha value is -2.33. The lowest BCUT2D eigenvalue weighted by molar-refractivity contribution is 0.114. The van der Waals surface area contributed by atoms with Gasteiger partial charge >= 0.3 is 0 Å². The molecule has 2 aromatic rings. The van der Waals surface area contributed by atoms with Gasteiger partial charge < -0.3 is 0 Å². The molecular weight excluding hydrogens is 367 g/mol. The highest BCUT2D eigenvalue weighted by Crippen LogP contribution is 2.48. The highest BCUT2D eigenvalue weighted by molar-refractivity contribution is 5.44. The molecule has 0 aliphatic heterocycles. The van der Waals surface area contributed by atoms with E-state index in [1.807, 2.05) is 24.3 Å². The summed E-state index contributed by atoms with van der Waals surface area (Å²) in [6.45, 7) is 5.93. The van der Waals surface area contributed by atoms with Gasteiger partial charge in [-0.05, 0) is 105 Å². The van der Waals surface area contributed by atoms with E-state index in [1.54, 1.807) is 6.07 Å². The highest BCUT2D eigenvalue weighted by Gasteiger charge is 2.36. The summed E-state index contributed by atoms with van der Waals surface area (Å²) in [5.74, 6) is 9.08. The monoisotopic (exact) mass is 400 g/mol. The van der Waals surface area contributed by atoms with Gasteiger partial charge in [-0.3, -0.25) is 0 Å². The summed E-state index contributed by atoms with van der Waals surface area (Å²) in [6, 6.07) is 13.8. The van der Waals surface area contributed by atoms with Crippen LogP contribution in [0.3, 0.4) is 0 Å². The Balaban J connectivity index is 1.40. The molecule has 2 aliphatic carbocycles. The third-order valence-corrected chi connectivity index (χ3v) is 7.34. The SMILES string of the molecule is C=CCCC1CCC2CC(c3ccc(C#Cc4ccc(C)cc4)cc3F)CCC2C1. The van der Waals surface area contributed by atoms with E-state index in [0.29, 0.717) is 5.92 Å². The van der Waals surface area contributed by atoms with Crippen LogP contribution >= 0.6 is 0 Å². The minimum atomic E-state index is -0.0752. The molecule has 2 saturated carbocycles. The van der Waals surface area contributed by atoms with Gasteiger partial charge in [0, 0.05) is 11.1 Å². The smallest absolute Gasteiger partial charge is 0.127 e. The Bertz CT molecular complexity index is 927. The van der Waals surface area contributed by atoms with E-state index >= 15 is 0 Å². The third kappa shape index (κ3) is 5.04. The van der Waals surface area contributed by atoms with Crippen molar-refractivity contribution in [1.29, 1.82) is 0 Å². The average Bonchev–Trinajstić information content (AvgIpc) is 2.77. The molecule has 30 heavy (non-hydrogen) atoms. The molecule has 4 atom stereocenters. The number of halogens is 1. The Morgan fingerprint density at radius 3 is 2.40 bits per heavy atom. The lowest BCUT2D eigenvalue weighted by Gasteiger charge is -2.42. The lowest BCUT2D eigenvalue weighted by Crippen LogP contribution is -2.30. The number of benzene rings is 2. The number of hydrogen-bond donors (Lipinski definition) is 0. The van der Waals surface area contributed by atoms with E-state index in [2.05, 4.69) is 43.6 Å². The van der Waals surface area contributed by atoms with Gasteiger partial charge in [-0.15, -0.1) is 6.58 Å². The van der Waals surface area contributed by atoms with E-state index in [1.165, 1.54) is 37.7 Å². The molecule has 2 fully saturated rings. The summed E-state index contributed by atoms with van der Waals surface area (Å²) >= 11 is 0. The first-order valence-corrected chi connectivity index (χ1v) is 11.6. The third-order valence-electron chi connectivity index (χ3n) is 7.34. The van der Waals surface area contributed by atoms with E-state index in [4.69, 9.17) is 0 Å². The second kappa shape index (κ2) is 9.65. The van der Waals surface area contributed by atoms with Crippen molar-refractivity contribution in [3.8, 4) is 11.8 Å². The molecule has 0 heterocycles. The molecule has 0 nitrogen and oxygen atoms in total. The second-order valence-corrected chi connectivity index (χ2v) is 9.43. The molecule has 0 N–H and O–H groups in total. The van der Waals surface area contributed by atoms with Crippen LogP contribution in [0.1, 0.15) is 79.5 Å². The van der Waals surface area contributed by atoms with Crippen LogP contribution in [-0.2, 0) is 0 Å². The van der Waals surface area contributed by atoms with Gasteiger partial charge in [-0.25, -0.2) is 4.39 Å². The fraction of sp³-hybridized carbons (Fsp3) is 0.448. The summed E-state index contributed by atoms with van der Waals surface area (Å²) in [5, 5.41) is 0. The van der Waals surface area contributed by atoms with Crippen LogP contribution in [0.25, 0.3) is 0 Å². The zero-order valence-electron chi connectivity index (χ0n) is 18.2. The molecule has 4 rings (SSSR count). The van der Waals surface area contributed by atoms with Crippen molar-refractivity contribution in [2.75, 3.05) is 0 Å². The first-order chi connectivity index (χ1) is 14.6.